The zero-order valence-corrected chi connectivity index (χ0v) is 14.5. The van der Waals surface area contributed by atoms with E-state index in [1.807, 2.05) is 31.2 Å². The molecule has 0 saturated carbocycles. The summed E-state index contributed by atoms with van der Waals surface area (Å²) in [6.45, 7) is 7.08. The predicted molar refractivity (Wildman–Crippen MR) is 93.3 cm³/mol. The average Bonchev–Trinajstić information content (AvgIpc) is 3.05. The summed E-state index contributed by atoms with van der Waals surface area (Å²) in [4.78, 5) is 2.48. The van der Waals surface area contributed by atoms with Crippen LogP contribution in [0.5, 0.6) is 5.75 Å². The molecule has 1 aliphatic heterocycles. The van der Waals surface area contributed by atoms with E-state index in [-0.39, 0.29) is 0 Å². The number of hydrogen-bond acceptors (Lipinski definition) is 5. The van der Waals surface area contributed by atoms with Gasteiger partial charge in [0.1, 0.15) is 17.3 Å². The van der Waals surface area contributed by atoms with Crippen LogP contribution in [0.25, 0.3) is 0 Å². The smallest absolute Gasteiger partial charge is 0.118 e. The summed E-state index contributed by atoms with van der Waals surface area (Å²) >= 11 is 0. The van der Waals surface area contributed by atoms with Crippen LogP contribution in [0, 0.1) is 6.92 Å². The standard InChI is InChI=1S/C19H26N2O3/c1-15-3-6-18(24-15)13-20-14-19(21-9-11-23-12-10-21)16-4-7-17(22-2)8-5-16/h3-8,19-20H,9-14H2,1-2H3. The second-order valence-corrected chi connectivity index (χ2v) is 6.08. The molecule has 1 aliphatic rings. The molecule has 5 heteroatoms. The Balaban J connectivity index is 1.66. The molecular weight excluding hydrogens is 304 g/mol. The van der Waals surface area contributed by atoms with Crippen molar-refractivity contribution in [2.24, 2.45) is 0 Å². The number of hydrogen-bond donors (Lipinski definition) is 1. The quantitative estimate of drug-likeness (QED) is 0.846. The number of nitrogens with zero attached hydrogens (tertiary/aromatic N) is 1. The minimum atomic E-state index is 0.316. The zero-order valence-electron chi connectivity index (χ0n) is 14.5. The van der Waals surface area contributed by atoms with Gasteiger partial charge in [0.25, 0.3) is 0 Å². The molecule has 1 fully saturated rings. The van der Waals surface area contributed by atoms with Gasteiger partial charge in [0, 0.05) is 25.7 Å². The lowest BCUT2D eigenvalue weighted by atomic mass is 10.0. The van der Waals surface area contributed by atoms with Gasteiger partial charge in [0.05, 0.1) is 26.9 Å². The van der Waals surface area contributed by atoms with Gasteiger partial charge in [-0.2, -0.15) is 0 Å². The van der Waals surface area contributed by atoms with Crippen molar-refractivity contribution >= 4 is 0 Å². The third kappa shape index (κ3) is 4.38. The van der Waals surface area contributed by atoms with Gasteiger partial charge in [0.2, 0.25) is 0 Å². The van der Waals surface area contributed by atoms with Gasteiger partial charge in [-0.1, -0.05) is 12.1 Å². The van der Waals surface area contributed by atoms with E-state index >= 15 is 0 Å². The highest BCUT2D eigenvalue weighted by atomic mass is 16.5. The Bertz CT molecular complexity index is 618. The van der Waals surface area contributed by atoms with E-state index in [0.29, 0.717) is 6.04 Å². The van der Waals surface area contributed by atoms with Crippen molar-refractivity contribution in [3.63, 3.8) is 0 Å². The number of benzene rings is 1. The summed E-state index contributed by atoms with van der Waals surface area (Å²) in [5.41, 5.74) is 1.29. The predicted octanol–water partition coefficient (Wildman–Crippen LogP) is 2.76. The van der Waals surface area contributed by atoms with Crippen LogP contribution in [0.2, 0.25) is 0 Å². The maximum atomic E-state index is 5.63. The summed E-state index contributed by atoms with van der Waals surface area (Å²) in [6.07, 6.45) is 0. The van der Waals surface area contributed by atoms with E-state index in [1.54, 1.807) is 7.11 Å². The lowest BCUT2D eigenvalue weighted by Crippen LogP contribution is -2.42. The van der Waals surface area contributed by atoms with E-state index in [9.17, 15) is 0 Å². The number of ether oxygens (including phenoxy) is 2. The highest BCUT2D eigenvalue weighted by Gasteiger charge is 2.22. The summed E-state index contributed by atoms with van der Waals surface area (Å²) in [5.74, 6) is 2.81. The molecule has 2 heterocycles. The van der Waals surface area contributed by atoms with Crippen molar-refractivity contribution < 1.29 is 13.9 Å². The van der Waals surface area contributed by atoms with Crippen molar-refractivity contribution in [1.29, 1.82) is 0 Å². The Hall–Kier alpha value is -1.82. The first-order chi connectivity index (χ1) is 11.8. The van der Waals surface area contributed by atoms with Crippen LogP contribution in [-0.4, -0.2) is 44.9 Å². The van der Waals surface area contributed by atoms with Crippen LogP contribution >= 0.6 is 0 Å². The summed E-state index contributed by atoms with van der Waals surface area (Å²) in [6, 6.07) is 12.7. The molecular formula is C19H26N2O3. The molecule has 0 bridgehead atoms. The Morgan fingerprint density at radius 3 is 2.50 bits per heavy atom. The van der Waals surface area contributed by atoms with Crippen LogP contribution in [-0.2, 0) is 11.3 Å². The SMILES string of the molecule is COc1ccc(C(CNCc2ccc(C)o2)N2CCOCC2)cc1. The Morgan fingerprint density at radius 2 is 1.88 bits per heavy atom. The maximum Gasteiger partial charge on any atom is 0.118 e. The molecule has 1 saturated heterocycles. The molecule has 0 aliphatic carbocycles. The topological polar surface area (TPSA) is 46.9 Å². The van der Waals surface area contributed by atoms with Gasteiger partial charge in [-0.05, 0) is 36.8 Å². The third-order valence-electron chi connectivity index (χ3n) is 4.42. The fourth-order valence-corrected chi connectivity index (χ4v) is 3.09. The van der Waals surface area contributed by atoms with Gasteiger partial charge in [-0.25, -0.2) is 0 Å². The van der Waals surface area contributed by atoms with Gasteiger partial charge in [-0.15, -0.1) is 0 Å². The van der Waals surface area contributed by atoms with E-state index in [0.717, 1.165) is 56.7 Å². The molecule has 3 rings (SSSR count). The van der Waals surface area contributed by atoms with Crippen molar-refractivity contribution in [3.8, 4) is 5.75 Å². The lowest BCUT2D eigenvalue weighted by molar-refractivity contribution is 0.0160. The molecule has 1 aromatic heterocycles. The van der Waals surface area contributed by atoms with Crippen LogP contribution in [0.1, 0.15) is 23.1 Å². The summed E-state index contributed by atoms with van der Waals surface area (Å²) in [7, 11) is 1.70. The molecule has 1 aromatic carbocycles. The van der Waals surface area contributed by atoms with Crippen LogP contribution in [0.4, 0.5) is 0 Å². The van der Waals surface area contributed by atoms with E-state index in [4.69, 9.17) is 13.9 Å². The molecule has 1 unspecified atom stereocenters. The van der Waals surface area contributed by atoms with Crippen LogP contribution < -0.4 is 10.1 Å². The molecule has 24 heavy (non-hydrogen) atoms. The lowest BCUT2D eigenvalue weighted by Gasteiger charge is -2.35. The Morgan fingerprint density at radius 1 is 1.12 bits per heavy atom. The average molecular weight is 330 g/mol. The molecule has 2 aromatic rings. The summed E-state index contributed by atoms with van der Waals surface area (Å²) < 4.78 is 16.4. The van der Waals surface area contributed by atoms with Gasteiger partial charge in [0.15, 0.2) is 0 Å². The van der Waals surface area contributed by atoms with Crippen molar-refractivity contribution in [2.75, 3.05) is 40.0 Å². The fourth-order valence-electron chi connectivity index (χ4n) is 3.09. The molecule has 1 atom stereocenters. The Labute approximate surface area is 143 Å². The second kappa shape index (κ2) is 8.33. The van der Waals surface area contributed by atoms with Crippen LogP contribution in [0.15, 0.2) is 40.8 Å². The van der Waals surface area contributed by atoms with Gasteiger partial charge >= 0.3 is 0 Å². The first-order valence-electron chi connectivity index (χ1n) is 8.48. The monoisotopic (exact) mass is 330 g/mol. The molecule has 0 amide bonds. The number of nitrogens with one attached hydrogen (secondary N) is 1. The normalized spacial score (nSPS) is 16.9. The van der Waals surface area contributed by atoms with E-state index < -0.39 is 0 Å². The fraction of sp³-hybridized carbons (Fsp3) is 0.474. The number of rotatable bonds is 7. The first kappa shape index (κ1) is 17.0. The minimum absolute atomic E-state index is 0.316. The second-order valence-electron chi connectivity index (χ2n) is 6.08. The zero-order chi connectivity index (χ0) is 16.8. The van der Waals surface area contributed by atoms with Crippen molar-refractivity contribution in [3.05, 3.63) is 53.5 Å². The molecule has 1 N–H and O–H groups in total. The number of furan rings is 1. The highest BCUT2D eigenvalue weighted by Crippen LogP contribution is 2.23. The maximum absolute atomic E-state index is 5.63. The molecule has 130 valence electrons. The number of methoxy groups -OCH3 is 1. The van der Waals surface area contributed by atoms with Gasteiger partial charge in [-0.3, -0.25) is 4.90 Å². The largest absolute Gasteiger partial charge is 0.497 e. The Kier molecular flexibility index (Phi) is 5.91. The van der Waals surface area contributed by atoms with Crippen LogP contribution in [0.3, 0.4) is 0 Å². The van der Waals surface area contributed by atoms with E-state index in [1.165, 1.54) is 5.56 Å². The van der Waals surface area contributed by atoms with E-state index in [2.05, 4.69) is 22.3 Å². The number of morpholine rings is 1. The minimum Gasteiger partial charge on any atom is -0.497 e. The van der Waals surface area contributed by atoms with Crippen molar-refractivity contribution in [1.82, 2.24) is 10.2 Å². The van der Waals surface area contributed by atoms with Gasteiger partial charge < -0.3 is 19.2 Å². The molecule has 0 radical (unpaired) electrons. The third-order valence-corrected chi connectivity index (χ3v) is 4.42. The molecule has 0 spiro atoms. The highest BCUT2D eigenvalue weighted by molar-refractivity contribution is 5.29. The van der Waals surface area contributed by atoms with Crippen molar-refractivity contribution in [2.45, 2.75) is 19.5 Å². The number of aryl methyl sites for hydroxylation is 1. The molecule has 5 nitrogen and oxygen atoms in total. The first-order valence-corrected chi connectivity index (χ1v) is 8.48. The summed E-state index contributed by atoms with van der Waals surface area (Å²) in [5, 5.41) is 3.53.